The van der Waals surface area contributed by atoms with Crippen LogP contribution in [0, 0.1) is 0 Å². The molecule has 0 fully saturated rings. The normalized spacial score (nSPS) is 11.5. The summed E-state index contributed by atoms with van der Waals surface area (Å²) in [5, 5.41) is 5.78. The SMILES string of the molecule is C=C(C)COc1ccc(S(N)(=O)=O)c2ncccc12. The third kappa shape index (κ3) is 2.91. The number of nitrogens with zero attached hydrogens (tertiary/aromatic N) is 1. The first-order valence-electron chi connectivity index (χ1n) is 5.57. The molecule has 0 aliphatic carbocycles. The van der Waals surface area contributed by atoms with Crippen molar-refractivity contribution in [1.29, 1.82) is 0 Å². The standard InChI is InChI=1S/C13H14N2O3S/c1-9(2)8-18-11-5-6-12(19(14,16)17)13-10(11)4-3-7-15-13/h3-7H,1,8H2,2H3,(H2,14,16,17). The summed E-state index contributed by atoms with van der Waals surface area (Å²) >= 11 is 0. The van der Waals surface area contributed by atoms with E-state index in [2.05, 4.69) is 11.6 Å². The maximum Gasteiger partial charge on any atom is 0.240 e. The Balaban J connectivity index is 2.62. The fourth-order valence-electron chi connectivity index (χ4n) is 1.68. The van der Waals surface area contributed by atoms with Crippen LogP contribution in [0.25, 0.3) is 10.9 Å². The molecule has 6 heteroatoms. The average Bonchev–Trinajstić information content (AvgIpc) is 2.34. The smallest absolute Gasteiger partial charge is 0.240 e. The number of hydrogen-bond acceptors (Lipinski definition) is 4. The van der Waals surface area contributed by atoms with Crippen molar-refractivity contribution in [3.05, 3.63) is 42.6 Å². The van der Waals surface area contributed by atoms with Crippen LogP contribution in [0.5, 0.6) is 5.75 Å². The minimum Gasteiger partial charge on any atom is -0.489 e. The molecule has 0 saturated heterocycles. The van der Waals surface area contributed by atoms with Gasteiger partial charge in [-0.2, -0.15) is 0 Å². The summed E-state index contributed by atoms with van der Waals surface area (Å²) in [5.74, 6) is 0.554. The van der Waals surface area contributed by atoms with E-state index in [1.54, 1.807) is 18.2 Å². The Morgan fingerprint density at radius 3 is 2.79 bits per heavy atom. The van der Waals surface area contributed by atoms with Gasteiger partial charge in [0.25, 0.3) is 0 Å². The molecular weight excluding hydrogens is 264 g/mol. The van der Waals surface area contributed by atoms with Crippen molar-refractivity contribution >= 4 is 20.9 Å². The summed E-state index contributed by atoms with van der Waals surface area (Å²) in [4.78, 5) is 4.07. The molecular formula is C13H14N2O3S. The Labute approximate surface area is 111 Å². The van der Waals surface area contributed by atoms with E-state index in [0.29, 0.717) is 23.3 Å². The van der Waals surface area contributed by atoms with Gasteiger partial charge in [-0.15, -0.1) is 0 Å². The lowest BCUT2D eigenvalue weighted by Crippen LogP contribution is -2.13. The topological polar surface area (TPSA) is 82.3 Å². The van der Waals surface area contributed by atoms with Gasteiger partial charge in [-0.3, -0.25) is 4.98 Å². The Kier molecular flexibility index (Phi) is 3.55. The summed E-state index contributed by atoms with van der Waals surface area (Å²) in [6.07, 6.45) is 1.51. The molecule has 1 aromatic carbocycles. The van der Waals surface area contributed by atoms with E-state index in [1.165, 1.54) is 12.3 Å². The molecule has 2 N–H and O–H groups in total. The average molecular weight is 278 g/mol. The first-order valence-corrected chi connectivity index (χ1v) is 7.12. The summed E-state index contributed by atoms with van der Waals surface area (Å²) in [6, 6.07) is 6.43. The zero-order chi connectivity index (χ0) is 14.0. The molecule has 0 amide bonds. The lowest BCUT2D eigenvalue weighted by molar-refractivity contribution is 0.356. The molecule has 1 aromatic heterocycles. The molecule has 0 aliphatic heterocycles. The highest BCUT2D eigenvalue weighted by Gasteiger charge is 2.16. The molecule has 2 aromatic rings. The van der Waals surface area contributed by atoms with Crippen LogP contribution in [0.15, 0.2) is 47.5 Å². The first kappa shape index (κ1) is 13.5. The Morgan fingerprint density at radius 1 is 1.42 bits per heavy atom. The lowest BCUT2D eigenvalue weighted by Gasteiger charge is -2.10. The van der Waals surface area contributed by atoms with Crippen LogP contribution >= 0.6 is 0 Å². The van der Waals surface area contributed by atoms with E-state index < -0.39 is 10.0 Å². The summed E-state index contributed by atoms with van der Waals surface area (Å²) in [7, 11) is -3.81. The van der Waals surface area contributed by atoms with Crippen LogP contribution < -0.4 is 9.88 Å². The van der Waals surface area contributed by atoms with Gasteiger partial charge in [0, 0.05) is 11.6 Å². The van der Waals surface area contributed by atoms with Crippen molar-refractivity contribution in [2.24, 2.45) is 5.14 Å². The number of primary sulfonamides is 1. The number of rotatable bonds is 4. The molecule has 0 unspecified atom stereocenters. The van der Waals surface area contributed by atoms with Gasteiger partial charge < -0.3 is 4.74 Å². The van der Waals surface area contributed by atoms with Crippen molar-refractivity contribution in [3.8, 4) is 5.75 Å². The second-order valence-electron chi connectivity index (χ2n) is 4.25. The summed E-state index contributed by atoms with van der Waals surface area (Å²) < 4.78 is 28.6. The number of aromatic nitrogens is 1. The predicted molar refractivity (Wildman–Crippen MR) is 73.4 cm³/mol. The van der Waals surface area contributed by atoms with E-state index in [0.717, 1.165) is 5.57 Å². The largest absolute Gasteiger partial charge is 0.489 e. The highest BCUT2D eigenvalue weighted by Crippen LogP contribution is 2.29. The fourth-order valence-corrected chi connectivity index (χ4v) is 2.37. The van der Waals surface area contributed by atoms with Gasteiger partial charge >= 0.3 is 0 Å². The molecule has 19 heavy (non-hydrogen) atoms. The molecule has 0 spiro atoms. The monoisotopic (exact) mass is 278 g/mol. The van der Waals surface area contributed by atoms with Crippen LogP contribution in [0.3, 0.4) is 0 Å². The second-order valence-corrected chi connectivity index (χ2v) is 5.78. The van der Waals surface area contributed by atoms with Crippen LogP contribution in [0.1, 0.15) is 6.92 Å². The Hall–Kier alpha value is -1.92. The molecule has 100 valence electrons. The molecule has 5 nitrogen and oxygen atoms in total. The van der Waals surface area contributed by atoms with Crippen molar-refractivity contribution in [2.45, 2.75) is 11.8 Å². The van der Waals surface area contributed by atoms with Gasteiger partial charge in [-0.05, 0) is 36.8 Å². The van der Waals surface area contributed by atoms with Gasteiger partial charge in [-0.1, -0.05) is 6.58 Å². The lowest BCUT2D eigenvalue weighted by atomic mass is 10.2. The molecule has 0 radical (unpaired) electrons. The van der Waals surface area contributed by atoms with Crippen molar-refractivity contribution in [3.63, 3.8) is 0 Å². The predicted octanol–water partition coefficient (Wildman–Crippen LogP) is 1.84. The number of ether oxygens (including phenoxy) is 1. The van der Waals surface area contributed by atoms with E-state index in [9.17, 15) is 8.42 Å². The zero-order valence-electron chi connectivity index (χ0n) is 10.5. The zero-order valence-corrected chi connectivity index (χ0v) is 11.3. The third-order valence-corrected chi connectivity index (χ3v) is 3.42. The van der Waals surface area contributed by atoms with E-state index in [-0.39, 0.29) is 4.90 Å². The Bertz CT molecular complexity index is 739. The maximum absolute atomic E-state index is 11.5. The molecule has 0 atom stereocenters. The van der Waals surface area contributed by atoms with E-state index in [4.69, 9.17) is 9.88 Å². The number of nitrogens with two attached hydrogens (primary N) is 1. The maximum atomic E-state index is 11.5. The van der Waals surface area contributed by atoms with Gasteiger partial charge in [0.15, 0.2) is 0 Å². The molecule has 0 aliphatic rings. The third-order valence-electron chi connectivity index (χ3n) is 2.47. The summed E-state index contributed by atoms with van der Waals surface area (Å²) in [5.41, 5.74) is 1.18. The van der Waals surface area contributed by atoms with Crippen molar-refractivity contribution < 1.29 is 13.2 Å². The fraction of sp³-hybridized carbons (Fsp3) is 0.154. The van der Waals surface area contributed by atoms with Gasteiger partial charge in [0.1, 0.15) is 17.3 Å². The number of hydrogen-bond donors (Lipinski definition) is 1. The number of sulfonamides is 1. The molecule has 0 saturated carbocycles. The van der Waals surface area contributed by atoms with Gasteiger partial charge in [0.2, 0.25) is 10.0 Å². The van der Waals surface area contributed by atoms with Crippen molar-refractivity contribution in [2.75, 3.05) is 6.61 Å². The summed E-state index contributed by atoms with van der Waals surface area (Å²) in [6.45, 7) is 5.96. The minimum absolute atomic E-state index is 0.00854. The minimum atomic E-state index is -3.81. The Morgan fingerprint density at radius 2 is 2.16 bits per heavy atom. The molecule has 0 bridgehead atoms. The van der Waals surface area contributed by atoms with Crippen LogP contribution in [-0.2, 0) is 10.0 Å². The highest BCUT2D eigenvalue weighted by atomic mass is 32.2. The second kappa shape index (κ2) is 4.99. The van der Waals surface area contributed by atoms with Gasteiger partial charge in [0.05, 0.1) is 5.52 Å². The number of pyridine rings is 1. The highest BCUT2D eigenvalue weighted by molar-refractivity contribution is 7.89. The van der Waals surface area contributed by atoms with E-state index >= 15 is 0 Å². The van der Waals surface area contributed by atoms with Crippen molar-refractivity contribution in [1.82, 2.24) is 4.98 Å². The first-order chi connectivity index (χ1) is 8.89. The molecule has 1 heterocycles. The number of benzene rings is 1. The molecule has 2 rings (SSSR count). The number of fused-ring (bicyclic) bond motifs is 1. The quantitative estimate of drug-likeness (QED) is 0.865. The van der Waals surface area contributed by atoms with Crippen LogP contribution in [0.2, 0.25) is 0 Å². The van der Waals surface area contributed by atoms with Crippen LogP contribution in [0.4, 0.5) is 0 Å². The van der Waals surface area contributed by atoms with E-state index in [1.807, 2.05) is 6.92 Å². The van der Waals surface area contributed by atoms with Gasteiger partial charge in [-0.25, -0.2) is 13.6 Å². The van der Waals surface area contributed by atoms with Crippen LogP contribution in [-0.4, -0.2) is 20.0 Å².